The van der Waals surface area contributed by atoms with Crippen molar-refractivity contribution in [3.05, 3.63) is 34.9 Å². The highest BCUT2D eigenvalue weighted by Gasteiger charge is 2.64. The number of carbonyl (C=O) groups excluding carboxylic acids is 3. The number of hydrazine groups is 1. The number of nitrogens with zero attached hydrogens (tertiary/aromatic N) is 1. The van der Waals surface area contributed by atoms with Gasteiger partial charge in [-0.25, -0.2) is 0 Å². The second-order valence-corrected chi connectivity index (χ2v) is 7.51. The van der Waals surface area contributed by atoms with Gasteiger partial charge in [0.1, 0.15) is 0 Å². The quantitative estimate of drug-likeness (QED) is 0.846. The lowest BCUT2D eigenvalue weighted by Crippen LogP contribution is -2.63. The van der Waals surface area contributed by atoms with Gasteiger partial charge in [-0.3, -0.25) is 19.8 Å². The van der Waals surface area contributed by atoms with Gasteiger partial charge in [-0.15, -0.1) is 0 Å². The van der Waals surface area contributed by atoms with E-state index < -0.39 is 16.7 Å². The summed E-state index contributed by atoms with van der Waals surface area (Å²) < 4.78 is 0. The number of benzene rings is 1. The number of hydrogen-bond acceptors (Lipinski definition) is 3. The fourth-order valence-corrected chi connectivity index (χ4v) is 3.82. The van der Waals surface area contributed by atoms with Crippen LogP contribution in [0.2, 0.25) is 5.02 Å². The average molecular weight is 335 g/mol. The summed E-state index contributed by atoms with van der Waals surface area (Å²) in [7, 11) is 0. The van der Waals surface area contributed by atoms with Gasteiger partial charge in [0.15, 0.2) is 0 Å². The van der Waals surface area contributed by atoms with Crippen LogP contribution in [0.25, 0.3) is 0 Å². The van der Waals surface area contributed by atoms with Gasteiger partial charge < -0.3 is 0 Å². The molecule has 0 spiro atoms. The van der Waals surface area contributed by atoms with Crippen molar-refractivity contribution in [1.82, 2.24) is 10.4 Å². The molecule has 1 heterocycles. The number of halogens is 1. The molecular formula is C17H19ClN2O3. The predicted octanol–water partition coefficient (Wildman–Crippen LogP) is 2.80. The molecule has 2 aliphatic rings. The van der Waals surface area contributed by atoms with Crippen molar-refractivity contribution < 1.29 is 14.4 Å². The first-order chi connectivity index (χ1) is 10.7. The maximum atomic E-state index is 12.8. The van der Waals surface area contributed by atoms with E-state index in [0.29, 0.717) is 23.4 Å². The molecule has 3 amide bonds. The van der Waals surface area contributed by atoms with Crippen LogP contribution < -0.4 is 5.43 Å². The largest absolute Gasteiger partial charge is 0.272 e. The fourth-order valence-electron chi connectivity index (χ4n) is 3.69. The van der Waals surface area contributed by atoms with Gasteiger partial charge >= 0.3 is 0 Å². The van der Waals surface area contributed by atoms with Crippen molar-refractivity contribution in [1.29, 1.82) is 0 Å². The van der Waals surface area contributed by atoms with Crippen LogP contribution in [0.5, 0.6) is 0 Å². The lowest BCUT2D eigenvalue weighted by Gasteiger charge is -2.47. The summed E-state index contributed by atoms with van der Waals surface area (Å²) in [5, 5.41) is 1.43. The zero-order chi connectivity index (χ0) is 17.0. The number of amides is 3. The maximum Gasteiger partial charge on any atom is 0.270 e. The molecule has 2 atom stereocenters. The number of rotatable bonds is 2. The third-order valence-corrected chi connectivity index (χ3v) is 5.99. The summed E-state index contributed by atoms with van der Waals surface area (Å²) in [4.78, 5) is 37.8. The van der Waals surface area contributed by atoms with E-state index in [2.05, 4.69) is 5.43 Å². The molecule has 0 radical (unpaired) electrons. The summed E-state index contributed by atoms with van der Waals surface area (Å²) in [5.74, 6) is -1.40. The summed E-state index contributed by atoms with van der Waals surface area (Å²) >= 11 is 5.80. The van der Waals surface area contributed by atoms with E-state index in [1.54, 1.807) is 24.3 Å². The minimum Gasteiger partial charge on any atom is -0.272 e. The zero-order valence-electron chi connectivity index (χ0n) is 13.4. The molecule has 1 aliphatic heterocycles. The molecule has 1 N–H and O–H groups in total. The van der Waals surface area contributed by atoms with Gasteiger partial charge in [0.2, 0.25) is 0 Å². The highest BCUT2D eigenvalue weighted by Crippen LogP contribution is 2.59. The van der Waals surface area contributed by atoms with Crippen molar-refractivity contribution in [3.63, 3.8) is 0 Å². The molecule has 1 saturated heterocycles. The lowest BCUT2D eigenvalue weighted by atomic mass is 9.63. The number of hydrogen-bond donors (Lipinski definition) is 1. The van der Waals surface area contributed by atoms with E-state index in [-0.39, 0.29) is 17.7 Å². The second-order valence-electron chi connectivity index (χ2n) is 7.07. The van der Waals surface area contributed by atoms with Crippen molar-refractivity contribution in [2.24, 2.45) is 16.7 Å². The minimum absolute atomic E-state index is 0.254. The Hall–Kier alpha value is -1.88. The number of nitrogens with one attached hydrogen (secondary N) is 1. The monoisotopic (exact) mass is 334 g/mol. The van der Waals surface area contributed by atoms with Crippen LogP contribution in [0, 0.1) is 16.7 Å². The second kappa shape index (κ2) is 5.06. The number of imide groups is 1. The van der Waals surface area contributed by atoms with Crippen LogP contribution in [-0.4, -0.2) is 22.7 Å². The number of carbonyl (C=O) groups is 3. The average Bonchev–Trinajstić information content (AvgIpc) is 2.69. The molecule has 122 valence electrons. The van der Waals surface area contributed by atoms with Gasteiger partial charge in [0, 0.05) is 16.5 Å². The molecule has 5 nitrogen and oxygen atoms in total. The molecule has 6 heteroatoms. The van der Waals surface area contributed by atoms with Crippen LogP contribution in [0.15, 0.2) is 24.3 Å². The number of fused-ring (bicyclic) bond motifs is 2. The molecule has 2 fully saturated rings. The molecule has 1 aromatic carbocycles. The van der Waals surface area contributed by atoms with E-state index in [1.165, 1.54) is 0 Å². The first-order valence-corrected chi connectivity index (χ1v) is 8.01. The Labute approximate surface area is 140 Å². The summed E-state index contributed by atoms with van der Waals surface area (Å²) in [6.07, 6.45) is 1.32. The van der Waals surface area contributed by atoms with Crippen molar-refractivity contribution >= 4 is 29.3 Å². The van der Waals surface area contributed by atoms with Crippen LogP contribution >= 0.6 is 11.6 Å². The first-order valence-electron chi connectivity index (χ1n) is 7.63. The topological polar surface area (TPSA) is 66.5 Å². The van der Waals surface area contributed by atoms with Gasteiger partial charge in [-0.05, 0) is 42.5 Å². The Balaban J connectivity index is 1.87. The highest BCUT2D eigenvalue weighted by molar-refractivity contribution is 6.30. The smallest absolute Gasteiger partial charge is 0.270 e. The lowest BCUT2D eigenvalue weighted by molar-refractivity contribution is -0.171. The molecule has 0 aromatic heterocycles. The Morgan fingerprint density at radius 2 is 1.83 bits per heavy atom. The third kappa shape index (κ3) is 2.17. The van der Waals surface area contributed by atoms with Crippen molar-refractivity contribution in [2.75, 3.05) is 0 Å². The molecule has 1 aliphatic carbocycles. The van der Waals surface area contributed by atoms with Gasteiger partial charge in [-0.1, -0.05) is 32.4 Å². The van der Waals surface area contributed by atoms with Crippen molar-refractivity contribution in [2.45, 2.75) is 33.6 Å². The van der Waals surface area contributed by atoms with Crippen LogP contribution in [-0.2, 0) is 9.59 Å². The highest BCUT2D eigenvalue weighted by atomic mass is 35.5. The molecule has 2 bridgehead atoms. The fraction of sp³-hybridized carbons (Fsp3) is 0.471. The predicted molar refractivity (Wildman–Crippen MR) is 85.4 cm³/mol. The maximum absolute atomic E-state index is 12.8. The van der Waals surface area contributed by atoms with E-state index in [0.717, 1.165) is 5.01 Å². The Bertz CT molecular complexity index is 698. The van der Waals surface area contributed by atoms with E-state index in [1.807, 2.05) is 20.8 Å². The normalized spacial score (nSPS) is 28.9. The standard InChI is InChI=1S/C17H19ClN2O3/c1-16(2)12-8-9-17(16,3)15(23)20(14(12)22)19-13(21)10-4-6-11(18)7-5-10/h4-7,12H,8-9H2,1-3H3,(H,19,21). The molecule has 1 saturated carbocycles. The van der Waals surface area contributed by atoms with Crippen LogP contribution in [0.3, 0.4) is 0 Å². The van der Waals surface area contributed by atoms with Crippen LogP contribution in [0.1, 0.15) is 44.0 Å². The van der Waals surface area contributed by atoms with Gasteiger partial charge in [0.05, 0.1) is 5.41 Å². The summed E-state index contributed by atoms with van der Waals surface area (Å²) in [6, 6.07) is 6.28. The van der Waals surface area contributed by atoms with Gasteiger partial charge in [0.25, 0.3) is 17.7 Å². The van der Waals surface area contributed by atoms with Crippen LogP contribution in [0.4, 0.5) is 0 Å². The molecule has 3 rings (SSSR count). The van der Waals surface area contributed by atoms with Gasteiger partial charge in [-0.2, -0.15) is 5.01 Å². The third-order valence-electron chi connectivity index (χ3n) is 5.74. The minimum atomic E-state index is -0.640. The van der Waals surface area contributed by atoms with E-state index in [4.69, 9.17) is 11.6 Å². The SMILES string of the molecule is CC12CCC(C(=O)N(NC(=O)c3ccc(Cl)cc3)C1=O)C2(C)C. The Morgan fingerprint density at radius 3 is 2.43 bits per heavy atom. The molecule has 2 unspecified atom stereocenters. The Morgan fingerprint density at radius 1 is 1.22 bits per heavy atom. The summed E-state index contributed by atoms with van der Waals surface area (Å²) in [6.45, 7) is 5.79. The van der Waals surface area contributed by atoms with E-state index >= 15 is 0 Å². The summed E-state index contributed by atoms with van der Waals surface area (Å²) in [5.41, 5.74) is 1.77. The molecular weight excluding hydrogens is 316 g/mol. The first kappa shape index (κ1) is 16.0. The van der Waals surface area contributed by atoms with Crippen molar-refractivity contribution in [3.8, 4) is 0 Å². The molecule has 1 aromatic rings. The zero-order valence-corrected chi connectivity index (χ0v) is 14.1. The Kier molecular flexibility index (Phi) is 3.52. The molecule has 23 heavy (non-hydrogen) atoms. The van der Waals surface area contributed by atoms with E-state index in [9.17, 15) is 14.4 Å². The number of piperidine rings is 1.